The van der Waals surface area contributed by atoms with E-state index in [0.717, 1.165) is 29.7 Å². The number of nitrogens with zero attached hydrogens (tertiary/aromatic N) is 2. The molecule has 3 aromatic rings. The maximum absolute atomic E-state index is 14.6. The van der Waals surface area contributed by atoms with Gasteiger partial charge in [0.2, 0.25) is 11.8 Å². The highest BCUT2D eigenvalue weighted by molar-refractivity contribution is 7.18. The van der Waals surface area contributed by atoms with Gasteiger partial charge in [-0.05, 0) is 30.5 Å². The molecule has 0 radical (unpaired) electrons. The summed E-state index contributed by atoms with van der Waals surface area (Å²) < 4.78 is 15.1. The summed E-state index contributed by atoms with van der Waals surface area (Å²) >= 11 is 1.10. The van der Waals surface area contributed by atoms with Crippen LogP contribution in [0.5, 0.6) is 0 Å². The lowest BCUT2D eigenvalue weighted by atomic mass is 10.0. The summed E-state index contributed by atoms with van der Waals surface area (Å²) in [4.78, 5) is 28.5. The van der Waals surface area contributed by atoms with E-state index in [1.165, 1.54) is 6.07 Å². The van der Waals surface area contributed by atoms with Crippen LogP contribution < -0.4 is 10.6 Å². The lowest BCUT2D eigenvalue weighted by Gasteiger charge is -2.08. The Bertz CT molecular complexity index is 1120. The van der Waals surface area contributed by atoms with E-state index in [1.807, 2.05) is 24.3 Å². The lowest BCUT2D eigenvalue weighted by Crippen LogP contribution is -2.39. The van der Waals surface area contributed by atoms with Crippen LogP contribution in [-0.4, -0.2) is 29.4 Å². The van der Waals surface area contributed by atoms with E-state index in [9.17, 15) is 19.2 Å². The minimum atomic E-state index is -1.16. The van der Waals surface area contributed by atoms with E-state index >= 15 is 0 Å². The van der Waals surface area contributed by atoms with Gasteiger partial charge in [0.05, 0.1) is 22.8 Å². The quantitative estimate of drug-likeness (QED) is 0.655. The van der Waals surface area contributed by atoms with E-state index in [-0.39, 0.29) is 23.5 Å². The third kappa shape index (κ3) is 4.25. The molecular formula is C21H17FN4O2S. The van der Waals surface area contributed by atoms with E-state index in [4.69, 9.17) is 0 Å². The number of rotatable bonds is 6. The number of halogens is 1. The van der Waals surface area contributed by atoms with Crippen molar-refractivity contribution in [1.82, 2.24) is 15.6 Å². The molecule has 1 aliphatic rings. The molecule has 1 saturated carbocycles. The van der Waals surface area contributed by atoms with Gasteiger partial charge in [0.1, 0.15) is 10.8 Å². The molecule has 2 N–H and O–H groups in total. The van der Waals surface area contributed by atoms with E-state index < -0.39 is 17.6 Å². The fraction of sp³-hybridized carbons (Fsp3) is 0.238. The maximum atomic E-state index is 14.6. The van der Waals surface area contributed by atoms with Gasteiger partial charge in [-0.2, -0.15) is 5.26 Å². The Morgan fingerprint density at radius 3 is 2.72 bits per heavy atom. The zero-order chi connectivity index (χ0) is 20.4. The van der Waals surface area contributed by atoms with Crippen molar-refractivity contribution in [1.29, 1.82) is 5.26 Å². The van der Waals surface area contributed by atoms with E-state index in [2.05, 4.69) is 15.6 Å². The molecule has 1 aromatic heterocycles. The Balaban J connectivity index is 1.54. The molecule has 1 aliphatic carbocycles. The number of amides is 2. The molecule has 1 fully saturated rings. The summed E-state index contributed by atoms with van der Waals surface area (Å²) in [6.07, 6.45) is 1.90. The van der Waals surface area contributed by atoms with Crippen molar-refractivity contribution in [3.63, 3.8) is 0 Å². The fourth-order valence-electron chi connectivity index (χ4n) is 2.93. The molecule has 1 atom stereocenters. The third-order valence-corrected chi connectivity index (χ3v) is 5.67. The smallest absolute Gasteiger partial charge is 0.244 e. The van der Waals surface area contributed by atoms with Crippen LogP contribution in [0.3, 0.4) is 0 Å². The number of benzene rings is 2. The summed E-state index contributed by atoms with van der Waals surface area (Å²) in [5.41, 5.74) is 1.65. The molecular weight excluding hydrogens is 391 g/mol. The zero-order valence-corrected chi connectivity index (χ0v) is 16.1. The van der Waals surface area contributed by atoms with Crippen LogP contribution in [0.25, 0.3) is 21.3 Å². The molecule has 0 aliphatic heterocycles. The van der Waals surface area contributed by atoms with Crippen molar-refractivity contribution in [3.8, 4) is 17.2 Å². The minimum Gasteiger partial charge on any atom is -0.352 e. The second-order valence-corrected chi connectivity index (χ2v) is 7.90. The predicted octanol–water partition coefficient (Wildman–Crippen LogP) is 3.10. The number of hydrogen-bond acceptors (Lipinski definition) is 5. The lowest BCUT2D eigenvalue weighted by molar-refractivity contribution is -0.126. The Morgan fingerprint density at radius 2 is 2.03 bits per heavy atom. The molecule has 6 nitrogen and oxygen atoms in total. The SMILES string of the molecule is N#CC(C(=O)NCC(=O)NC1CC1)c1nc2cc(-c3ccccc3)c(F)cc2s1. The molecule has 0 saturated heterocycles. The summed E-state index contributed by atoms with van der Waals surface area (Å²) in [6.45, 7) is -0.189. The van der Waals surface area contributed by atoms with Gasteiger partial charge in [-0.3, -0.25) is 9.59 Å². The van der Waals surface area contributed by atoms with Crippen LogP contribution >= 0.6 is 11.3 Å². The van der Waals surface area contributed by atoms with Crippen molar-refractivity contribution in [2.45, 2.75) is 24.8 Å². The van der Waals surface area contributed by atoms with Gasteiger partial charge in [-0.25, -0.2) is 9.37 Å². The number of carbonyl (C=O) groups is 2. The number of carbonyl (C=O) groups excluding carboxylic acids is 2. The fourth-order valence-corrected chi connectivity index (χ4v) is 3.95. The summed E-state index contributed by atoms with van der Waals surface area (Å²) in [5, 5.41) is 15.0. The van der Waals surface area contributed by atoms with Gasteiger partial charge in [-0.1, -0.05) is 30.3 Å². The minimum absolute atomic E-state index is 0.189. The van der Waals surface area contributed by atoms with Gasteiger partial charge in [-0.15, -0.1) is 11.3 Å². The van der Waals surface area contributed by atoms with Crippen LogP contribution in [0.4, 0.5) is 4.39 Å². The highest BCUT2D eigenvalue weighted by atomic mass is 32.1. The summed E-state index contributed by atoms with van der Waals surface area (Å²) in [5.74, 6) is -2.43. The second kappa shape index (κ2) is 7.97. The van der Waals surface area contributed by atoms with Crippen molar-refractivity contribution in [2.24, 2.45) is 0 Å². The number of nitriles is 1. The second-order valence-electron chi connectivity index (χ2n) is 6.84. The molecule has 1 unspecified atom stereocenters. The molecule has 2 amide bonds. The average Bonchev–Trinajstić information content (AvgIpc) is 3.44. The standard InChI is InChI=1S/C21H17FN4O2S/c22-16-9-18-17(8-14(16)12-4-2-1-3-5-12)26-21(29-18)15(10-23)20(28)24-11-19(27)25-13-6-7-13/h1-5,8-9,13,15H,6-7,11H2,(H,24,28)(H,25,27). The largest absolute Gasteiger partial charge is 0.352 e. The Morgan fingerprint density at radius 1 is 1.28 bits per heavy atom. The van der Waals surface area contributed by atoms with Crippen LogP contribution in [0.1, 0.15) is 23.8 Å². The first kappa shape index (κ1) is 19.0. The highest BCUT2D eigenvalue weighted by Gasteiger charge is 2.27. The van der Waals surface area contributed by atoms with Crippen LogP contribution in [0, 0.1) is 17.1 Å². The third-order valence-electron chi connectivity index (χ3n) is 4.58. The Labute approximate surface area is 170 Å². The number of fused-ring (bicyclic) bond motifs is 1. The topological polar surface area (TPSA) is 94.9 Å². The zero-order valence-electron chi connectivity index (χ0n) is 15.3. The number of hydrogen-bond donors (Lipinski definition) is 2. The van der Waals surface area contributed by atoms with Crippen molar-refractivity contribution in [3.05, 3.63) is 53.3 Å². The van der Waals surface area contributed by atoms with Crippen molar-refractivity contribution in [2.75, 3.05) is 6.54 Å². The van der Waals surface area contributed by atoms with E-state index in [0.29, 0.717) is 15.8 Å². The van der Waals surface area contributed by atoms with Gasteiger partial charge >= 0.3 is 0 Å². The number of aromatic nitrogens is 1. The summed E-state index contributed by atoms with van der Waals surface area (Å²) in [7, 11) is 0. The molecule has 4 rings (SSSR count). The first-order valence-electron chi connectivity index (χ1n) is 9.17. The Kier molecular flexibility index (Phi) is 5.23. The number of thiazole rings is 1. The van der Waals surface area contributed by atoms with Crippen LogP contribution in [0.2, 0.25) is 0 Å². The molecule has 2 aromatic carbocycles. The normalized spacial score (nSPS) is 14.2. The van der Waals surface area contributed by atoms with Crippen LogP contribution in [0.15, 0.2) is 42.5 Å². The highest BCUT2D eigenvalue weighted by Crippen LogP contribution is 2.33. The molecule has 0 bridgehead atoms. The molecule has 146 valence electrons. The molecule has 8 heteroatoms. The average molecular weight is 408 g/mol. The molecule has 29 heavy (non-hydrogen) atoms. The molecule has 1 heterocycles. The van der Waals surface area contributed by atoms with Crippen molar-refractivity contribution < 1.29 is 14.0 Å². The molecule has 0 spiro atoms. The van der Waals surface area contributed by atoms with Gasteiger partial charge in [0, 0.05) is 11.6 Å². The monoisotopic (exact) mass is 408 g/mol. The van der Waals surface area contributed by atoms with Gasteiger partial charge in [0.25, 0.3) is 0 Å². The van der Waals surface area contributed by atoms with Gasteiger partial charge in [0.15, 0.2) is 5.92 Å². The predicted molar refractivity (Wildman–Crippen MR) is 108 cm³/mol. The van der Waals surface area contributed by atoms with Crippen molar-refractivity contribution >= 4 is 33.4 Å². The summed E-state index contributed by atoms with van der Waals surface area (Å²) in [6, 6.07) is 14.2. The van der Waals surface area contributed by atoms with E-state index in [1.54, 1.807) is 18.2 Å². The maximum Gasteiger partial charge on any atom is 0.244 e. The first-order valence-corrected chi connectivity index (χ1v) is 9.99. The van der Waals surface area contributed by atoms with Gasteiger partial charge < -0.3 is 10.6 Å². The van der Waals surface area contributed by atoms with Crippen LogP contribution in [-0.2, 0) is 9.59 Å². The number of nitrogens with one attached hydrogen (secondary N) is 2. The first-order chi connectivity index (χ1) is 14.0. The Hall–Kier alpha value is -3.31.